The molecule has 8 nitrogen and oxygen atoms in total. The van der Waals surface area contributed by atoms with Crippen molar-refractivity contribution in [2.75, 3.05) is 50.5 Å². The number of hydrogen-bond acceptors (Lipinski definition) is 6. The van der Waals surface area contributed by atoms with Gasteiger partial charge in [-0.3, -0.25) is 0 Å². The molecular formula is C121H114N8Y3-6. The van der Waals surface area contributed by atoms with Crippen LogP contribution in [0.25, 0.3) is 55.0 Å². The molecular weight excluding hydrogens is 1830 g/mol. The zero-order valence-electron chi connectivity index (χ0n) is 79.1. The Labute approximate surface area is 859 Å². The third kappa shape index (κ3) is 21.1. The second-order valence-electron chi connectivity index (χ2n) is 31.7. The normalized spacial score (nSPS) is 11.3. The molecule has 11 heteroatoms. The molecule has 0 spiro atoms. The Morgan fingerprint density at radius 1 is 0.265 bits per heavy atom. The topological polar surface area (TPSA) is 29.3 Å². The summed E-state index contributed by atoms with van der Waals surface area (Å²) in [6, 6.07) is 150. The Morgan fingerprint density at radius 3 is 1.17 bits per heavy atom. The van der Waals surface area contributed by atoms with Crippen LogP contribution in [0.15, 0.2) is 364 Å². The van der Waals surface area contributed by atoms with Gasteiger partial charge in [0, 0.05) is 179 Å². The Kier molecular flexibility index (Phi) is 35.2. The summed E-state index contributed by atoms with van der Waals surface area (Å²) in [4.78, 5) is 13.5. The van der Waals surface area contributed by atoms with Gasteiger partial charge in [0.1, 0.15) is 0 Å². The Hall–Kier alpha value is -11.5. The van der Waals surface area contributed by atoms with Gasteiger partial charge < -0.3 is 38.5 Å². The molecule has 22 rings (SSSR count). The van der Waals surface area contributed by atoms with E-state index < -0.39 is 0 Å². The van der Waals surface area contributed by atoms with Gasteiger partial charge in [0.2, 0.25) is 0 Å². The van der Waals surface area contributed by atoms with E-state index in [9.17, 15) is 0 Å². The zero-order valence-corrected chi connectivity index (χ0v) is 87.6. The van der Waals surface area contributed by atoms with Crippen molar-refractivity contribution in [2.45, 2.75) is 109 Å². The first-order chi connectivity index (χ1) is 63.3. The van der Waals surface area contributed by atoms with Gasteiger partial charge >= 0.3 is 0 Å². The van der Waals surface area contributed by atoms with Gasteiger partial charge in [-0.1, -0.05) is 292 Å². The standard InChI is InChI=1S/C32H24N2.3C27H22N2.4C2H6.3Y/c1-21-11-15-23(16-12-21)33-29-10-6-4-8-27(29)31-30(33)20-19-26-25-7-3-5-9-28(25)34(32(26)31)24-17-13-22(2)14-18-24;1-20-15-17-23(18-16-20)29(22-10-4-3-5-11-22)27-14-8-13-26-24(27)19-21-9-6-7-12-25(21)28(26)2;1-20-12-15-24(16-13-20)29(23-9-4-3-5-10-23)25-17-14-22-18-21-8-6-7-11-26(21)28(2)27(22)19-25;1-20-12-14-24(15-13-20)29(23-9-4-3-5-10-23)25-16-17-27-22(19-25)18-21-8-6-7-11-26(21)28(27)2;4*1-2;;;/h3-20H,1-2H3;3-10,12-13,15-18H,19H2,1-2H3;3-9,11-16,19H,18H2,1-2H3;3-9,11-17H,18H2,1-2H3;4*1-2H3;;;/q;3*-2;;;;;;;. The van der Waals surface area contributed by atoms with Gasteiger partial charge in [0.25, 0.3) is 0 Å². The van der Waals surface area contributed by atoms with Crippen molar-refractivity contribution in [3.63, 3.8) is 0 Å². The molecule has 0 unspecified atom stereocenters. The van der Waals surface area contributed by atoms with E-state index >= 15 is 0 Å². The van der Waals surface area contributed by atoms with Crippen LogP contribution in [0.4, 0.5) is 85.3 Å². The molecule has 0 bridgehead atoms. The molecule has 0 saturated carbocycles. The molecule has 3 radical (unpaired) electrons. The van der Waals surface area contributed by atoms with Crippen molar-refractivity contribution in [1.29, 1.82) is 0 Å². The molecule has 19 aromatic rings. The number of fused-ring (bicyclic) bond motifs is 13. The largest absolute Gasteiger partial charge is 0.397 e. The van der Waals surface area contributed by atoms with Crippen molar-refractivity contribution in [3.05, 3.63) is 462 Å². The van der Waals surface area contributed by atoms with Crippen molar-refractivity contribution in [3.8, 4) is 11.4 Å². The van der Waals surface area contributed by atoms with Gasteiger partial charge in [-0.05, 0) is 175 Å². The van der Waals surface area contributed by atoms with Crippen LogP contribution in [0.2, 0.25) is 0 Å². The fourth-order valence-corrected chi connectivity index (χ4v) is 17.6. The number of anilines is 15. The van der Waals surface area contributed by atoms with Crippen LogP contribution in [0, 0.1) is 71.0 Å². The molecule has 3 aliphatic rings. The summed E-state index contributed by atoms with van der Waals surface area (Å²) in [5.41, 5.74) is 38.4. The molecule has 132 heavy (non-hydrogen) atoms. The maximum Gasteiger partial charge on any atom is 0.0641 e. The average Bonchev–Trinajstić information content (AvgIpc) is 1.54. The van der Waals surface area contributed by atoms with Crippen LogP contribution in [0.5, 0.6) is 0 Å². The van der Waals surface area contributed by atoms with Crippen molar-refractivity contribution in [2.24, 2.45) is 0 Å². The Morgan fingerprint density at radius 2 is 0.667 bits per heavy atom. The first kappa shape index (κ1) is 99.5. The maximum atomic E-state index is 3.71. The summed E-state index contributed by atoms with van der Waals surface area (Å²) in [6.07, 6.45) is 2.72. The van der Waals surface area contributed by atoms with Gasteiger partial charge in [-0.2, -0.15) is 103 Å². The maximum absolute atomic E-state index is 3.71. The van der Waals surface area contributed by atoms with Gasteiger partial charge in [-0.15, -0.1) is 59.2 Å². The number of benzene rings is 17. The number of rotatable bonds is 11. The SMILES string of the molecule is CC.CC.CC.CC.Cc1ccc(-n2c3ccccc3c3c2ccc2c4ccccc4n(-c4ccc(C)cc4)c23)cc1.Cc1ccc(N(c2[c-]cccc2)c2[c-]c3c(cc2)N(C)c2ccccc2C3)cc1.Cc1ccc(N(c2[c-]cccc2)c2[c-]cc3c(c2)N(C)c2ccccc2C3)cc1.Cc1ccc(N(c2[c-]cccc2)c2[c-]ccc3c2Cc2ccccc2N3C)cc1.[Y].[Y].[Y]. The quantitative estimate of drug-likeness (QED) is 0.120. The minimum Gasteiger partial charge on any atom is -0.397 e. The Balaban J connectivity index is 0.000000154. The summed E-state index contributed by atoms with van der Waals surface area (Å²) in [7, 11) is 6.42. The third-order valence-electron chi connectivity index (χ3n) is 23.7. The molecule has 0 N–H and O–H groups in total. The smallest absolute Gasteiger partial charge is 0.0641 e. The Bertz CT molecular complexity index is 6960. The van der Waals surface area contributed by atoms with Crippen molar-refractivity contribution in [1.82, 2.24) is 9.13 Å². The van der Waals surface area contributed by atoms with E-state index in [0.29, 0.717) is 0 Å². The van der Waals surface area contributed by atoms with E-state index in [1.165, 1.54) is 150 Å². The minimum atomic E-state index is 0. The number of nitrogens with zero attached hydrogens (tertiary/aromatic N) is 8. The van der Waals surface area contributed by atoms with E-state index in [-0.39, 0.29) is 98.1 Å². The fraction of sp³-hybridized carbons (Fsp3) is 0.157. The molecule has 0 saturated heterocycles. The van der Waals surface area contributed by atoms with Crippen LogP contribution in [0.1, 0.15) is 117 Å². The summed E-state index contributed by atoms with van der Waals surface area (Å²) in [5, 5.41) is 5.15. The molecule has 3 aliphatic heterocycles. The summed E-state index contributed by atoms with van der Waals surface area (Å²) in [6.45, 7) is 26.6. The molecule has 0 amide bonds. The summed E-state index contributed by atoms with van der Waals surface area (Å²) < 4.78 is 4.85. The minimum absolute atomic E-state index is 0. The second kappa shape index (κ2) is 46.7. The van der Waals surface area contributed by atoms with Gasteiger partial charge in [0.15, 0.2) is 0 Å². The van der Waals surface area contributed by atoms with E-state index in [1.807, 2.05) is 104 Å². The predicted octanol–water partition coefficient (Wildman–Crippen LogP) is 32.8. The number of para-hydroxylation sites is 8. The van der Waals surface area contributed by atoms with Gasteiger partial charge in [0.05, 0.1) is 22.1 Å². The molecule has 0 fully saturated rings. The summed E-state index contributed by atoms with van der Waals surface area (Å²) >= 11 is 0. The van der Waals surface area contributed by atoms with Crippen molar-refractivity contribution >= 4 is 129 Å². The molecule has 5 heterocycles. The first-order valence-corrected chi connectivity index (χ1v) is 45.5. The fourth-order valence-electron chi connectivity index (χ4n) is 17.6. The van der Waals surface area contributed by atoms with Crippen LogP contribution >= 0.6 is 0 Å². The molecule has 2 aromatic heterocycles. The molecule has 653 valence electrons. The number of hydrogen-bond donors (Lipinski definition) is 0. The van der Waals surface area contributed by atoms with E-state index in [4.69, 9.17) is 0 Å². The molecule has 0 aliphatic carbocycles. The average molecular weight is 1950 g/mol. The number of aryl methyl sites for hydroxylation is 5. The summed E-state index contributed by atoms with van der Waals surface area (Å²) in [5.74, 6) is 0. The first-order valence-electron chi connectivity index (χ1n) is 45.5. The van der Waals surface area contributed by atoms with Gasteiger partial charge in [-0.25, -0.2) is 0 Å². The van der Waals surface area contributed by atoms with Crippen LogP contribution < -0.4 is 29.4 Å². The molecule has 0 atom stereocenters. The van der Waals surface area contributed by atoms with Crippen LogP contribution in [-0.4, -0.2) is 30.3 Å². The second-order valence-corrected chi connectivity index (χ2v) is 31.7. The van der Waals surface area contributed by atoms with E-state index in [1.54, 1.807) is 0 Å². The van der Waals surface area contributed by atoms with E-state index in [0.717, 1.165) is 70.4 Å². The monoisotopic (exact) mass is 1950 g/mol. The zero-order chi connectivity index (χ0) is 90.2. The molecule has 17 aromatic carbocycles. The predicted molar refractivity (Wildman–Crippen MR) is 553 cm³/mol. The van der Waals surface area contributed by atoms with E-state index in [2.05, 4.69) is 446 Å². The third-order valence-corrected chi connectivity index (χ3v) is 23.7. The number of aromatic nitrogens is 2. The van der Waals surface area contributed by atoms with Crippen LogP contribution in [-0.2, 0) is 117 Å². The van der Waals surface area contributed by atoms with Crippen molar-refractivity contribution < 1.29 is 98.1 Å². The van der Waals surface area contributed by atoms with Crippen LogP contribution in [0.3, 0.4) is 0 Å².